The number of rotatable bonds is 4. The number of nitrogens with zero attached hydrogens (tertiary/aromatic N) is 1. The smallest absolute Gasteiger partial charge is 0.278 e. The van der Waals surface area contributed by atoms with Crippen LogP contribution >= 0.6 is 0 Å². The van der Waals surface area contributed by atoms with Crippen LogP contribution in [0.2, 0.25) is 0 Å². The van der Waals surface area contributed by atoms with Crippen LogP contribution in [0.1, 0.15) is 16.2 Å². The van der Waals surface area contributed by atoms with E-state index in [0.29, 0.717) is 17.4 Å². The van der Waals surface area contributed by atoms with Gasteiger partial charge in [0.15, 0.2) is 23.1 Å². The molecule has 0 bridgehead atoms. The van der Waals surface area contributed by atoms with E-state index < -0.39 is 29.0 Å². The molecule has 0 fully saturated rings. The lowest BCUT2D eigenvalue weighted by atomic mass is 10.2. The summed E-state index contributed by atoms with van der Waals surface area (Å²) in [5.74, 6) is -4.30. The van der Waals surface area contributed by atoms with E-state index in [0.717, 1.165) is 6.07 Å². The SMILES string of the molecule is COc1ccc(-c2nc(C(=O)Nc3ccc(F)c(F)c3F)c(C)o2)cc1. The molecule has 3 rings (SSSR count). The first-order chi connectivity index (χ1) is 12.4. The molecule has 26 heavy (non-hydrogen) atoms. The fraction of sp³-hybridized carbons (Fsp3) is 0.111. The molecule has 0 atom stereocenters. The van der Waals surface area contributed by atoms with Crippen molar-refractivity contribution in [2.45, 2.75) is 6.92 Å². The molecule has 0 spiro atoms. The average molecular weight is 362 g/mol. The number of hydrogen-bond acceptors (Lipinski definition) is 4. The molecule has 0 aliphatic rings. The lowest BCUT2D eigenvalue weighted by molar-refractivity contribution is 0.102. The average Bonchev–Trinajstić information content (AvgIpc) is 3.04. The summed E-state index contributed by atoms with van der Waals surface area (Å²) in [7, 11) is 1.53. The first kappa shape index (κ1) is 17.5. The van der Waals surface area contributed by atoms with E-state index in [-0.39, 0.29) is 17.3 Å². The number of aromatic nitrogens is 1. The maximum absolute atomic E-state index is 13.7. The third kappa shape index (κ3) is 3.26. The Balaban J connectivity index is 1.86. The van der Waals surface area contributed by atoms with E-state index in [1.807, 2.05) is 0 Å². The molecule has 1 N–H and O–H groups in total. The van der Waals surface area contributed by atoms with Gasteiger partial charge in [0.05, 0.1) is 12.8 Å². The van der Waals surface area contributed by atoms with E-state index >= 15 is 0 Å². The summed E-state index contributed by atoms with van der Waals surface area (Å²) in [5.41, 5.74) is 0.00852. The number of anilines is 1. The summed E-state index contributed by atoms with van der Waals surface area (Å²) in [6.45, 7) is 1.51. The van der Waals surface area contributed by atoms with Crippen molar-refractivity contribution in [1.82, 2.24) is 4.98 Å². The second-order valence-corrected chi connectivity index (χ2v) is 5.33. The Morgan fingerprint density at radius 3 is 2.42 bits per heavy atom. The first-order valence-corrected chi connectivity index (χ1v) is 7.47. The summed E-state index contributed by atoms with van der Waals surface area (Å²) in [4.78, 5) is 16.4. The molecule has 0 radical (unpaired) electrons. The van der Waals surface area contributed by atoms with Crippen molar-refractivity contribution in [3.63, 3.8) is 0 Å². The quantitative estimate of drug-likeness (QED) is 0.702. The molecule has 0 unspecified atom stereocenters. The number of ether oxygens (including phenoxy) is 1. The predicted molar refractivity (Wildman–Crippen MR) is 87.5 cm³/mol. The number of halogens is 3. The van der Waals surface area contributed by atoms with Crippen molar-refractivity contribution in [2.24, 2.45) is 0 Å². The van der Waals surface area contributed by atoms with E-state index in [9.17, 15) is 18.0 Å². The molecular weight excluding hydrogens is 349 g/mol. The van der Waals surface area contributed by atoms with E-state index in [1.165, 1.54) is 14.0 Å². The number of carbonyl (C=O) groups is 1. The van der Waals surface area contributed by atoms with Gasteiger partial charge in [0, 0.05) is 5.56 Å². The Morgan fingerprint density at radius 1 is 1.08 bits per heavy atom. The highest BCUT2D eigenvalue weighted by Gasteiger charge is 2.21. The topological polar surface area (TPSA) is 64.4 Å². The second-order valence-electron chi connectivity index (χ2n) is 5.33. The van der Waals surface area contributed by atoms with Crippen molar-refractivity contribution in [3.8, 4) is 17.2 Å². The van der Waals surface area contributed by atoms with Gasteiger partial charge in [-0.25, -0.2) is 18.2 Å². The van der Waals surface area contributed by atoms with Gasteiger partial charge in [-0.1, -0.05) is 0 Å². The van der Waals surface area contributed by atoms with Gasteiger partial charge in [-0.3, -0.25) is 4.79 Å². The number of nitrogens with one attached hydrogen (secondary N) is 1. The molecule has 0 saturated carbocycles. The highest BCUT2D eigenvalue weighted by atomic mass is 19.2. The van der Waals surface area contributed by atoms with Crippen LogP contribution in [0, 0.1) is 24.4 Å². The van der Waals surface area contributed by atoms with Crippen LogP contribution in [0.3, 0.4) is 0 Å². The highest BCUT2D eigenvalue weighted by molar-refractivity contribution is 6.03. The number of methoxy groups -OCH3 is 1. The molecule has 2 aromatic carbocycles. The highest BCUT2D eigenvalue weighted by Crippen LogP contribution is 2.25. The van der Waals surface area contributed by atoms with Crippen LogP contribution in [0.5, 0.6) is 5.75 Å². The predicted octanol–water partition coefficient (Wildman–Crippen LogP) is 4.33. The van der Waals surface area contributed by atoms with Crippen molar-refractivity contribution in [1.29, 1.82) is 0 Å². The summed E-state index contributed by atoms with van der Waals surface area (Å²) in [5, 5.41) is 2.16. The fourth-order valence-corrected chi connectivity index (χ4v) is 2.27. The van der Waals surface area contributed by atoms with Crippen molar-refractivity contribution < 1.29 is 27.1 Å². The monoisotopic (exact) mass is 362 g/mol. The van der Waals surface area contributed by atoms with E-state index in [4.69, 9.17) is 9.15 Å². The Bertz CT molecular complexity index is 969. The third-order valence-corrected chi connectivity index (χ3v) is 3.63. The normalized spacial score (nSPS) is 10.7. The van der Waals surface area contributed by atoms with Gasteiger partial charge in [-0.15, -0.1) is 0 Å². The van der Waals surface area contributed by atoms with Crippen LogP contribution in [-0.4, -0.2) is 18.0 Å². The maximum Gasteiger partial charge on any atom is 0.278 e. The van der Waals surface area contributed by atoms with Crippen LogP contribution in [0.4, 0.5) is 18.9 Å². The minimum Gasteiger partial charge on any atom is -0.497 e. The molecule has 0 saturated heterocycles. The van der Waals surface area contributed by atoms with Crippen molar-refractivity contribution >= 4 is 11.6 Å². The number of carbonyl (C=O) groups excluding carboxylic acids is 1. The van der Waals surface area contributed by atoms with Gasteiger partial charge in [0.2, 0.25) is 5.89 Å². The zero-order valence-corrected chi connectivity index (χ0v) is 13.8. The summed E-state index contributed by atoms with van der Waals surface area (Å²) >= 11 is 0. The second kappa shape index (κ2) is 6.91. The number of hydrogen-bond donors (Lipinski definition) is 1. The lowest BCUT2D eigenvalue weighted by Crippen LogP contribution is -2.15. The molecule has 8 heteroatoms. The van der Waals surface area contributed by atoms with Crippen LogP contribution in [0.25, 0.3) is 11.5 Å². The lowest BCUT2D eigenvalue weighted by Gasteiger charge is -2.05. The van der Waals surface area contributed by atoms with Gasteiger partial charge >= 0.3 is 0 Å². The molecule has 1 aromatic heterocycles. The van der Waals surface area contributed by atoms with Gasteiger partial charge in [-0.2, -0.15) is 0 Å². The van der Waals surface area contributed by atoms with Crippen molar-refractivity contribution in [3.05, 3.63) is 65.3 Å². The molecule has 1 amide bonds. The third-order valence-electron chi connectivity index (χ3n) is 3.63. The number of amides is 1. The van der Waals surface area contributed by atoms with Gasteiger partial charge in [-0.05, 0) is 43.3 Å². The Labute approximate surface area is 146 Å². The first-order valence-electron chi connectivity index (χ1n) is 7.47. The van der Waals surface area contributed by atoms with Gasteiger partial charge in [0.1, 0.15) is 11.5 Å². The number of aryl methyl sites for hydroxylation is 1. The zero-order valence-electron chi connectivity index (χ0n) is 13.8. The maximum atomic E-state index is 13.7. The molecular formula is C18H13F3N2O3. The molecule has 134 valence electrons. The van der Waals surface area contributed by atoms with E-state index in [1.54, 1.807) is 24.3 Å². The standard InChI is InChI=1S/C18H13F3N2O3/c1-9-16(17(24)22-13-8-7-12(19)14(20)15(13)21)23-18(26-9)10-3-5-11(25-2)6-4-10/h3-8H,1-2H3,(H,22,24). The van der Waals surface area contributed by atoms with Crippen LogP contribution in [0.15, 0.2) is 40.8 Å². The molecule has 1 heterocycles. The fourth-order valence-electron chi connectivity index (χ4n) is 2.27. The van der Waals surface area contributed by atoms with Crippen molar-refractivity contribution in [2.75, 3.05) is 12.4 Å². The minimum absolute atomic E-state index is 0.0973. The molecule has 3 aromatic rings. The van der Waals surface area contributed by atoms with Gasteiger partial charge in [0.25, 0.3) is 5.91 Å². The summed E-state index contributed by atoms with van der Waals surface area (Å²) in [6.07, 6.45) is 0. The Morgan fingerprint density at radius 2 is 1.77 bits per heavy atom. The molecule has 0 aliphatic carbocycles. The van der Waals surface area contributed by atoms with Gasteiger partial charge < -0.3 is 14.5 Å². The summed E-state index contributed by atoms with van der Waals surface area (Å²) < 4.78 is 50.5. The zero-order chi connectivity index (χ0) is 18.8. The Kier molecular flexibility index (Phi) is 4.66. The molecule has 0 aliphatic heterocycles. The summed E-state index contributed by atoms with van der Waals surface area (Å²) in [6, 6.07) is 8.43. The number of benzene rings is 2. The Hall–Kier alpha value is -3.29. The minimum atomic E-state index is -1.67. The molecule has 5 nitrogen and oxygen atoms in total. The largest absolute Gasteiger partial charge is 0.497 e. The van der Waals surface area contributed by atoms with Crippen LogP contribution in [-0.2, 0) is 0 Å². The van der Waals surface area contributed by atoms with Crippen LogP contribution < -0.4 is 10.1 Å². The van der Waals surface area contributed by atoms with E-state index in [2.05, 4.69) is 10.3 Å². The number of oxazole rings is 1.